The van der Waals surface area contributed by atoms with Crippen molar-refractivity contribution in [3.8, 4) is 0 Å². The van der Waals surface area contributed by atoms with E-state index in [2.05, 4.69) is 0 Å². The minimum atomic E-state index is -4.52. The lowest BCUT2D eigenvalue weighted by atomic mass is 10.0. The summed E-state index contributed by atoms with van der Waals surface area (Å²) in [4.78, 5) is 10.5. The molecule has 0 aromatic heterocycles. The standard InChI is InChI=1S/C10H9ClF3NO2/c11-7-2-5(3-8(15)9(16)17)1-6(4-7)10(12,13)14/h1-2,4,8H,3,15H2,(H,16,17)/t8-/m1/s1. The molecule has 0 fully saturated rings. The smallest absolute Gasteiger partial charge is 0.416 e. The molecule has 0 unspecified atom stereocenters. The van der Waals surface area contributed by atoms with Crippen molar-refractivity contribution in [1.82, 2.24) is 0 Å². The molecule has 3 nitrogen and oxygen atoms in total. The topological polar surface area (TPSA) is 63.3 Å². The Morgan fingerprint density at radius 1 is 1.41 bits per heavy atom. The number of benzene rings is 1. The molecule has 94 valence electrons. The molecule has 0 spiro atoms. The first-order valence-corrected chi connectivity index (χ1v) is 4.93. The molecule has 0 saturated heterocycles. The summed E-state index contributed by atoms with van der Waals surface area (Å²) >= 11 is 5.53. The van der Waals surface area contributed by atoms with Gasteiger partial charge in [0.1, 0.15) is 6.04 Å². The quantitative estimate of drug-likeness (QED) is 0.883. The van der Waals surface area contributed by atoms with E-state index in [0.29, 0.717) is 0 Å². The van der Waals surface area contributed by atoms with Crippen LogP contribution in [0.25, 0.3) is 0 Å². The lowest BCUT2D eigenvalue weighted by Crippen LogP contribution is -2.32. The summed E-state index contributed by atoms with van der Waals surface area (Å²) in [6.07, 6.45) is -4.73. The molecule has 17 heavy (non-hydrogen) atoms. The van der Waals surface area contributed by atoms with E-state index in [1.54, 1.807) is 0 Å². The minimum absolute atomic E-state index is 0.104. The van der Waals surface area contributed by atoms with Gasteiger partial charge in [-0.25, -0.2) is 0 Å². The van der Waals surface area contributed by atoms with Gasteiger partial charge in [-0.2, -0.15) is 13.2 Å². The van der Waals surface area contributed by atoms with Gasteiger partial charge >= 0.3 is 12.1 Å². The van der Waals surface area contributed by atoms with Crippen LogP contribution in [0.15, 0.2) is 18.2 Å². The fraction of sp³-hybridized carbons (Fsp3) is 0.300. The molecule has 0 aliphatic carbocycles. The first-order valence-electron chi connectivity index (χ1n) is 4.55. The van der Waals surface area contributed by atoms with Gasteiger partial charge in [-0.3, -0.25) is 4.79 Å². The second-order valence-electron chi connectivity index (χ2n) is 3.49. The third-order valence-corrected chi connectivity index (χ3v) is 2.28. The summed E-state index contributed by atoms with van der Waals surface area (Å²) in [5.74, 6) is -1.28. The van der Waals surface area contributed by atoms with Gasteiger partial charge in [0.2, 0.25) is 0 Å². The monoisotopic (exact) mass is 267 g/mol. The molecule has 1 aromatic carbocycles. The number of carbonyl (C=O) groups is 1. The highest BCUT2D eigenvalue weighted by Gasteiger charge is 2.31. The number of rotatable bonds is 3. The van der Waals surface area contributed by atoms with Crippen LogP contribution in [0.5, 0.6) is 0 Å². The highest BCUT2D eigenvalue weighted by atomic mass is 35.5. The van der Waals surface area contributed by atoms with Crippen LogP contribution >= 0.6 is 11.6 Å². The SMILES string of the molecule is N[C@H](Cc1cc(Cl)cc(C(F)(F)F)c1)C(=O)O. The molecule has 0 bridgehead atoms. The summed E-state index contributed by atoms with van der Waals surface area (Å²) in [7, 11) is 0. The lowest BCUT2D eigenvalue weighted by Gasteiger charge is -2.11. The van der Waals surface area contributed by atoms with Crippen molar-refractivity contribution >= 4 is 17.6 Å². The van der Waals surface area contributed by atoms with E-state index in [0.717, 1.165) is 12.1 Å². The molecule has 0 heterocycles. The largest absolute Gasteiger partial charge is 0.480 e. The average Bonchev–Trinajstić information content (AvgIpc) is 2.15. The molecule has 1 aromatic rings. The van der Waals surface area contributed by atoms with E-state index in [1.165, 1.54) is 6.07 Å². The van der Waals surface area contributed by atoms with Gasteiger partial charge < -0.3 is 10.8 Å². The molecular weight excluding hydrogens is 259 g/mol. The number of carboxylic acids is 1. The van der Waals surface area contributed by atoms with Crippen molar-refractivity contribution in [1.29, 1.82) is 0 Å². The van der Waals surface area contributed by atoms with Crippen LogP contribution in [0.4, 0.5) is 13.2 Å². The molecule has 3 N–H and O–H groups in total. The summed E-state index contributed by atoms with van der Waals surface area (Å²) < 4.78 is 37.3. The fourth-order valence-corrected chi connectivity index (χ4v) is 1.53. The Labute approximate surface area is 100.0 Å². The lowest BCUT2D eigenvalue weighted by molar-refractivity contribution is -0.138. The Kier molecular flexibility index (Phi) is 4.00. The van der Waals surface area contributed by atoms with Gasteiger partial charge in [0.05, 0.1) is 5.56 Å². The maximum Gasteiger partial charge on any atom is 0.416 e. The van der Waals surface area contributed by atoms with Crippen molar-refractivity contribution in [3.63, 3.8) is 0 Å². The number of aliphatic carboxylic acids is 1. The van der Waals surface area contributed by atoms with E-state index >= 15 is 0 Å². The highest BCUT2D eigenvalue weighted by Crippen LogP contribution is 2.32. The molecule has 0 aliphatic heterocycles. The molecule has 1 atom stereocenters. The number of carboxylic acid groups (broad SMARTS) is 1. The maximum atomic E-state index is 12.4. The molecule has 7 heteroatoms. The molecule has 0 saturated carbocycles. The Balaban J connectivity index is 3.02. The highest BCUT2D eigenvalue weighted by molar-refractivity contribution is 6.30. The number of hydrogen-bond acceptors (Lipinski definition) is 2. The van der Waals surface area contributed by atoms with Crippen LogP contribution in [0.2, 0.25) is 5.02 Å². The summed E-state index contributed by atoms with van der Waals surface area (Å²) in [6.45, 7) is 0. The van der Waals surface area contributed by atoms with Crippen molar-refractivity contribution in [2.45, 2.75) is 18.6 Å². The summed E-state index contributed by atoms with van der Waals surface area (Å²) in [5, 5.41) is 8.46. The van der Waals surface area contributed by atoms with E-state index in [-0.39, 0.29) is 17.0 Å². The van der Waals surface area contributed by atoms with Crippen molar-refractivity contribution in [3.05, 3.63) is 34.3 Å². The zero-order chi connectivity index (χ0) is 13.2. The second-order valence-corrected chi connectivity index (χ2v) is 3.93. The predicted octanol–water partition coefficient (Wildman–Crippen LogP) is 2.31. The fourth-order valence-electron chi connectivity index (χ4n) is 1.27. The molecule has 0 aliphatic rings. The van der Waals surface area contributed by atoms with Crippen LogP contribution in [-0.4, -0.2) is 17.1 Å². The number of hydrogen-bond donors (Lipinski definition) is 2. The molecule has 0 radical (unpaired) electrons. The minimum Gasteiger partial charge on any atom is -0.480 e. The Bertz CT molecular complexity index is 434. The van der Waals surface area contributed by atoms with Crippen molar-refractivity contribution < 1.29 is 23.1 Å². The maximum absolute atomic E-state index is 12.4. The summed E-state index contributed by atoms with van der Waals surface area (Å²) in [5.41, 5.74) is 4.45. The first kappa shape index (κ1) is 13.8. The van der Waals surface area contributed by atoms with Crippen LogP contribution in [-0.2, 0) is 17.4 Å². The van der Waals surface area contributed by atoms with E-state index in [1.807, 2.05) is 0 Å². The normalized spacial score (nSPS) is 13.5. The van der Waals surface area contributed by atoms with Crippen LogP contribution < -0.4 is 5.73 Å². The molecule has 1 rings (SSSR count). The average molecular weight is 268 g/mol. The number of alkyl halides is 3. The Morgan fingerprint density at radius 2 is 2.00 bits per heavy atom. The number of halogens is 4. The van der Waals surface area contributed by atoms with Gasteiger partial charge in [-0.05, 0) is 30.2 Å². The summed E-state index contributed by atoms with van der Waals surface area (Å²) in [6, 6.07) is 1.63. The number of nitrogens with two attached hydrogens (primary N) is 1. The van der Waals surface area contributed by atoms with Crippen molar-refractivity contribution in [2.24, 2.45) is 5.73 Å². The van der Waals surface area contributed by atoms with Gasteiger partial charge in [-0.1, -0.05) is 11.6 Å². The second kappa shape index (κ2) is 4.93. The third-order valence-electron chi connectivity index (χ3n) is 2.06. The Morgan fingerprint density at radius 3 is 2.47 bits per heavy atom. The van der Waals surface area contributed by atoms with Gasteiger partial charge in [-0.15, -0.1) is 0 Å². The van der Waals surface area contributed by atoms with E-state index in [9.17, 15) is 18.0 Å². The first-order chi connectivity index (χ1) is 7.70. The Hall–Kier alpha value is -1.27. The van der Waals surface area contributed by atoms with Crippen LogP contribution in [0.3, 0.4) is 0 Å². The van der Waals surface area contributed by atoms with Gasteiger partial charge in [0.15, 0.2) is 0 Å². The zero-order valence-corrected chi connectivity index (χ0v) is 9.22. The van der Waals surface area contributed by atoms with E-state index in [4.69, 9.17) is 22.4 Å². The molecule has 0 amide bonds. The van der Waals surface area contributed by atoms with Crippen LogP contribution in [0.1, 0.15) is 11.1 Å². The van der Waals surface area contributed by atoms with Crippen molar-refractivity contribution in [2.75, 3.05) is 0 Å². The van der Waals surface area contributed by atoms with Gasteiger partial charge in [0.25, 0.3) is 0 Å². The predicted molar refractivity (Wildman–Crippen MR) is 55.8 cm³/mol. The zero-order valence-electron chi connectivity index (χ0n) is 8.46. The van der Waals surface area contributed by atoms with Crippen LogP contribution in [0, 0.1) is 0 Å². The van der Waals surface area contributed by atoms with E-state index < -0.39 is 23.8 Å². The third kappa shape index (κ3) is 3.90. The molecular formula is C10H9ClF3NO2. The van der Waals surface area contributed by atoms with Gasteiger partial charge in [0, 0.05) is 5.02 Å².